The first kappa shape index (κ1) is 34.4. The lowest BCUT2D eigenvalue weighted by molar-refractivity contribution is -0.140. The quantitative estimate of drug-likeness (QED) is 0.167. The third kappa shape index (κ3) is 8.81. The van der Waals surface area contributed by atoms with Gasteiger partial charge in [-0.05, 0) is 72.4 Å². The van der Waals surface area contributed by atoms with Crippen LogP contribution in [0.25, 0.3) is 0 Å². The lowest BCUT2D eigenvalue weighted by Crippen LogP contribution is -2.53. The Morgan fingerprint density at radius 2 is 1.46 bits per heavy atom. The molecule has 2 amide bonds. The molecule has 0 radical (unpaired) electrons. The van der Waals surface area contributed by atoms with Gasteiger partial charge in [-0.25, -0.2) is 12.8 Å². The van der Waals surface area contributed by atoms with Crippen LogP contribution in [0.4, 0.5) is 10.1 Å². The monoisotopic (exact) mass is 643 g/mol. The van der Waals surface area contributed by atoms with Gasteiger partial charge in [0.2, 0.25) is 11.8 Å². The number of amides is 2. The van der Waals surface area contributed by atoms with Gasteiger partial charge in [0.25, 0.3) is 10.0 Å². The molecular formula is C37H42FN3O4S. The molecule has 0 bridgehead atoms. The zero-order chi connectivity index (χ0) is 33.3. The summed E-state index contributed by atoms with van der Waals surface area (Å²) in [4.78, 5) is 29.6. The van der Waals surface area contributed by atoms with Crippen LogP contribution in [0.3, 0.4) is 0 Å². The Morgan fingerprint density at radius 3 is 2.04 bits per heavy atom. The van der Waals surface area contributed by atoms with Gasteiger partial charge >= 0.3 is 0 Å². The summed E-state index contributed by atoms with van der Waals surface area (Å²) in [5, 5.41) is 2.92. The molecule has 4 aromatic rings. The fourth-order valence-corrected chi connectivity index (χ4v) is 6.51. The average Bonchev–Trinajstić information content (AvgIpc) is 3.05. The second-order valence-corrected chi connectivity index (χ2v) is 13.6. The third-order valence-electron chi connectivity index (χ3n) is 7.82. The fourth-order valence-electron chi connectivity index (χ4n) is 5.10. The third-order valence-corrected chi connectivity index (χ3v) is 9.61. The van der Waals surface area contributed by atoms with E-state index in [2.05, 4.69) is 5.32 Å². The van der Waals surface area contributed by atoms with Crippen LogP contribution in [0.5, 0.6) is 0 Å². The standard InChI is InChI=1S/C37H42FN3O4S/c1-5-23-39-37(43)35(24-29-9-7-6-8-10-29)40(25-30-13-17-32(38)18-14-30)36(42)26-41(33-19-15-31(16-20-33)27(2)3)46(44,45)34-21-11-28(4)12-22-34/h6-22,27,35H,5,23-26H2,1-4H3,(H,39,43)/t35-/m1/s1. The van der Waals surface area contributed by atoms with Gasteiger partial charge in [-0.3, -0.25) is 13.9 Å². The highest BCUT2D eigenvalue weighted by molar-refractivity contribution is 7.92. The lowest BCUT2D eigenvalue weighted by atomic mass is 10.0. The predicted octanol–water partition coefficient (Wildman–Crippen LogP) is 6.62. The van der Waals surface area contributed by atoms with Crippen LogP contribution in [0.1, 0.15) is 55.4 Å². The molecule has 4 aromatic carbocycles. The van der Waals surface area contributed by atoms with Crippen LogP contribution in [-0.2, 0) is 32.6 Å². The summed E-state index contributed by atoms with van der Waals surface area (Å²) in [6.07, 6.45) is 0.905. The molecule has 0 saturated heterocycles. The van der Waals surface area contributed by atoms with Gasteiger partial charge in [0.15, 0.2) is 0 Å². The van der Waals surface area contributed by atoms with E-state index < -0.39 is 34.3 Å². The molecule has 46 heavy (non-hydrogen) atoms. The smallest absolute Gasteiger partial charge is 0.264 e. The lowest BCUT2D eigenvalue weighted by Gasteiger charge is -2.34. The first-order valence-electron chi connectivity index (χ1n) is 15.5. The Labute approximate surface area is 272 Å². The van der Waals surface area contributed by atoms with Gasteiger partial charge in [-0.15, -0.1) is 0 Å². The molecule has 0 unspecified atom stereocenters. The summed E-state index contributed by atoms with van der Waals surface area (Å²) in [7, 11) is -4.19. The number of halogens is 1. The number of nitrogens with zero attached hydrogens (tertiary/aromatic N) is 2. The van der Waals surface area contributed by atoms with E-state index in [0.717, 1.165) is 21.0 Å². The number of hydrogen-bond donors (Lipinski definition) is 1. The molecule has 0 fully saturated rings. The molecule has 0 saturated carbocycles. The van der Waals surface area contributed by atoms with Crippen molar-refractivity contribution in [2.75, 3.05) is 17.4 Å². The number of aryl methyl sites for hydroxylation is 1. The van der Waals surface area contributed by atoms with Gasteiger partial charge in [-0.1, -0.05) is 93.1 Å². The maximum absolute atomic E-state index is 14.5. The minimum Gasteiger partial charge on any atom is -0.354 e. The van der Waals surface area contributed by atoms with E-state index in [9.17, 15) is 22.4 Å². The fraction of sp³-hybridized carbons (Fsp3) is 0.297. The number of rotatable bonds is 14. The molecule has 0 aromatic heterocycles. The first-order valence-corrected chi connectivity index (χ1v) is 17.0. The van der Waals surface area contributed by atoms with Crippen LogP contribution in [0.15, 0.2) is 108 Å². The molecule has 0 aliphatic heterocycles. The Balaban J connectivity index is 1.80. The van der Waals surface area contributed by atoms with E-state index in [1.54, 1.807) is 36.4 Å². The summed E-state index contributed by atoms with van der Waals surface area (Å²) >= 11 is 0. The van der Waals surface area contributed by atoms with Crippen molar-refractivity contribution in [2.45, 2.75) is 63.9 Å². The summed E-state index contributed by atoms with van der Waals surface area (Å²) in [5.41, 5.74) is 3.69. The second kappa shape index (κ2) is 15.7. The van der Waals surface area contributed by atoms with Crippen molar-refractivity contribution < 1.29 is 22.4 Å². The average molecular weight is 644 g/mol. The summed E-state index contributed by atoms with van der Waals surface area (Å²) < 4.78 is 43.3. The van der Waals surface area contributed by atoms with Gasteiger partial charge in [0, 0.05) is 19.5 Å². The largest absolute Gasteiger partial charge is 0.354 e. The summed E-state index contributed by atoms with van der Waals surface area (Å²) in [6.45, 7) is 7.73. The molecular weight excluding hydrogens is 601 g/mol. The maximum Gasteiger partial charge on any atom is 0.264 e. The summed E-state index contributed by atoms with van der Waals surface area (Å²) in [6, 6.07) is 27.7. The Morgan fingerprint density at radius 1 is 0.826 bits per heavy atom. The van der Waals surface area contributed by atoms with E-state index in [0.29, 0.717) is 24.2 Å². The van der Waals surface area contributed by atoms with Crippen LogP contribution in [0.2, 0.25) is 0 Å². The minimum atomic E-state index is -4.19. The number of benzene rings is 4. The normalized spacial score (nSPS) is 12.0. The van der Waals surface area contributed by atoms with E-state index in [-0.39, 0.29) is 29.7 Å². The molecule has 0 aliphatic carbocycles. The SMILES string of the molecule is CCCNC(=O)[C@@H](Cc1ccccc1)N(Cc1ccc(F)cc1)C(=O)CN(c1ccc(C(C)C)cc1)S(=O)(=O)c1ccc(C)cc1. The number of carbonyl (C=O) groups excluding carboxylic acids is 2. The van der Waals surface area contributed by atoms with Crippen molar-refractivity contribution in [1.82, 2.24) is 10.2 Å². The molecule has 9 heteroatoms. The van der Waals surface area contributed by atoms with Crippen LogP contribution in [-0.4, -0.2) is 44.3 Å². The van der Waals surface area contributed by atoms with E-state index in [1.165, 1.54) is 29.2 Å². The van der Waals surface area contributed by atoms with Crippen LogP contribution in [0, 0.1) is 12.7 Å². The maximum atomic E-state index is 14.5. The highest BCUT2D eigenvalue weighted by Crippen LogP contribution is 2.27. The highest BCUT2D eigenvalue weighted by Gasteiger charge is 2.34. The van der Waals surface area contributed by atoms with Crippen molar-refractivity contribution in [3.63, 3.8) is 0 Å². The molecule has 242 valence electrons. The Kier molecular flexibility index (Phi) is 11.7. The van der Waals surface area contributed by atoms with Crippen molar-refractivity contribution in [1.29, 1.82) is 0 Å². The second-order valence-electron chi connectivity index (χ2n) is 11.7. The zero-order valence-electron chi connectivity index (χ0n) is 26.8. The van der Waals surface area contributed by atoms with E-state index >= 15 is 0 Å². The van der Waals surface area contributed by atoms with Crippen molar-refractivity contribution in [3.05, 3.63) is 131 Å². The van der Waals surface area contributed by atoms with Crippen molar-refractivity contribution >= 4 is 27.5 Å². The molecule has 0 aliphatic rings. The molecule has 1 atom stereocenters. The van der Waals surface area contributed by atoms with E-state index in [4.69, 9.17) is 0 Å². The Hall–Kier alpha value is -4.50. The molecule has 1 N–H and O–H groups in total. The number of sulfonamides is 1. The van der Waals surface area contributed by atoms with Crippen LogP contribution < -0.4 is 9.62 Å². The molecule has 0 heterocycles. The molecule has 4 rings (SSSR count). The zero-order valence-corrected chi connectivity index (χ0v) is 27.6. The van der Waals surface area contributed by atoms with Gasteiger partial charge in [0.05, 0.1) is 10.6 Å². The highest BCUT2D eigenvalue weighted by atomic mass is 32.2. The summed E-state index contributed by atoms with van der Waals surface area (Å²) in [5.74, 6) is -1.12. The Bertz CT molecular complexity index is 1690. The van der Waals surface area contributed by atoms with Crippen LogP contribution >= 0.6 is 0 Å². The molecule has 0 spiro atoms. The van der Waals surface area contributed by atoms with Gasteiger partial charge in [-0.2, -0.15) is 0 Å². The predicted molar refractivity (Wildman–Crippen MR) is 180 cm³/mol. The first-order chi connectivity index (χ1) is 22.0. The number of anilines is 1. The minimum absolute atomic E-state index is 0.0269. The van der Waals surface area contributed by atoms with Gasteiger partial charge in [0.1, 0.15) is 18.4 Å². The number of hydrogen-bond acceptors (Lipinski definition) is 4. The van der Waals surface area contributed by atoms with Crippen molar-refractivity contribution in [3.8, 4) is 0 Å². The topological polar surface area (TPSA) is 86.8 Å². The van der Waals surface area contributed by atoms with Gasteiger partial charge < -0.3 is 10.2 Å². The van der Waals surface area contributed by atoms with E-state index in [1.807, 2.05) is 70.2 Å². The number of nitrogens with one attached hydrogen (secondary N) is 1. The van der Waals surface area contributed by atoms with Crippen molar-refractivity contribution in [2.24, 2.45) is 0 Å². The number of carbonyl (C=O) groups is 2. The molecule has 7 nitrogen and oxygen atoms in total.